The molecule has 0 aromatic heterocycles. The van der Waals surface area contributed by atoms with E-state index in [9.17, 15) is 19.2 Å². The molecule has 0 rings (SSSR count). The summed E-state index contributed by atoms with van der Waals surface area (Å²) < 4.78 is 8.93. The summed E-state index contributed by atoms with van der Waals surface area (Å²) in [6.45, 7) is 29.2. The maximum Gasteiger partial charge on any atom is 1.00 e. The summed E-state index contributed by atoms with van der Waals surface area (Å²) in [5.41, 5.74) is 0. The minimum absolute atomic E-state index is 0. The zero-order valence-electron chi connectivity index (χ0n) is 27.0. The molecule has 1 N–H and O–H groups in total. The van der Waals surface area contributed by atoms with Crippen LogP contribution in [0, 0.1) is 11.3 Å². The minimum atomic E-state index is -1.11. The second-order valence-electron chi connectivity index (χ2n) is 9.24. The standard InChI is InChI=1S/C6H18NSi2.2C4H8O.C3H7Br.2C3H6O2.C2H3N.Li/c1-8(2,3)7-9(4,5)6;2*1-3-4(2)5;1-3(2)4;1-3(4)5-2;1-2-3(4)5;1-2-3;/h1-6H3;2*3H2,1-2H3;3H,1-2H3;1-2H3;2H2,1H3,(H,4,5);1H3;/q-1;;;;;;;+1. The number of carboxylic acids is 1. The van der Waals surface area contributed by atoms with E-state index in [0.29, 0.717) is 17.7 Å². The van der Waals surface area contributed by atoms with E-state index in [2.05, 4.69) is 73.8 Å². The summed E-state index contributed by atoms with van der Waals surface area (Å²) in [7, 11) is -0.862. The number of methoxy groups -OCH3 is 1. The van der Waals surface area contributed by atoms with Crippen molar-refractivity contribution in [3.8, 4) is 6.07 Å². The van der Waals surface area contributed by atoms with Crippen molar-refractivity contribution < 1.29 is 47.9 Å². The maximum atomic E-state index is 9.81. The van der Waals surface area contributed by atoms with Gasteiger partial charge < -0.3 is 24.1 Å². The van der Waals surface area contributed by atoms with Crippen molar-refractivity contribution in [1.82, 2.24) is 0 Å². The molecule has 0 aliphatic heterocycles. The van der Waals surface area contributed by atoms with Crippen molar-refractivity contribution in [2.24, 2.45) is 0 Å². The van der Waals surface area contributed by atoms with Crippen molar-refractivity contribution in [2.45, 2.75) is 126 Å². The van der Waals surface area contributed by atoms with Crippen LogP contribution in [-0.2, 0) is 23.9 Å². The number of aliphatic carboxylic acids is 1. The Kier molecular flexibility index (Phi) is 60.6. The molecular formula is C25H56BrLiN2O6Si2. The molecule has 0 aliphatic carbocycles. The number of hydrogen-bond donors (Lipinski definition) is 1. The van der Waals surface area contributed by atoms with Gasteiger partial charge in [0.1, 0.15) is 11.6 Å². The van der Waals surface area contributed by atoms with Crippen LogP contribution < -0.4 is 18.9 Å². The van der Waals surface area contributed by atoms with Crippen molar-refractivity contribution in [2.75, 3.05) is 7.11 Å². The number of halogens is 1. The quantitative estimate of drug-likeness (QED) is 0.259. The number of carboxylic acid groups (broad SMARTS) is 1. The molecule has 0 heterocycles. The minimum Gasteiger partial charge on any atom is -0.668 e. The monoisotopic (exact) mass is 622 g/mol. The molecule has 0 radical (unpaired) electrons. The number of nitrogens with zero attached hydrogens (tertiary/aromatic N) is 2. The molecule has 0 spiro atoms. The van der Waals surface area contributed by atoms with Gasteiger partial charge in [-0.25, -0.2) is 0 Å². The van der Waals surface area contributed by atoms with Crippen LogP contribution in [0.1, 0.15) is 81.6 Å². The third-order valence-electron chi connectivity index (χ3n) is 2.26. The molecule has 0 aromatic carbocycles. The number of nitriles is 1. The zero-order chi connectivity index (χ0) is 31.1. The molecule has 0 fully saturated rings. The van der Waals surface area contributed by atoms with E-state index < -0.39 is 22.4 Å². The number of ketones is 2. The van der Waals surface area contributed by atoms with Crippen molar-refractivity contribution >= 4 is 55.9 Å². The Morgan fingerprint density at radius 2 is 1.00 bits per heavy atom. The van der Waals surface area contributed by atoms with Gasteiger partial charge in [0.15, 0.2) is 0 Å². The Morgan fingerprint density at radius 3 is 1.00 bits per heavy atom. The predicted molar refractivity (Wildman–Crippen MR) is 163 cm³/mol. The van der Waals surface area contributed by atoms with Crippen LogP contribution in [0.2, 0.25) is 39.3 Å². The van der Waals surface area contributed by atoms with E-state index in [1.165, 1.54) is 21.0 Å². The smallest absolute Gasteiger partial charge is 0.668 e. The fourth-order valence-corrected chi connectivity index (χ4v) is 9.06. The van der Waals surface area contributed by atoms with Gasteiger partial charge in [0.2, 0.25) is 0 Å². The van der Waals surface area contributed by atoms with E-state index in [0.717, 1.165) is 0 Å². The van der Waals surface area contributed by atoms with E-state index in [-0.39, 0.29) is 42.8 Å². The predicted octanol–water partition coefficient (Wildman–Crippen LogP) is 4.98. The second-order valence-corrected chi connectivity index (χ2v) is 20.7. The molecule has 0 saturated carbocycles. The van der Waals surface area contributed by atoms with Crippen molar-refractivity contribution in [3.63, 3.8) is 0 Å². The average molecular weight is 624 g/mol. The van der Waals surface area contributed by atoms with Crippen LogP contribution in [0.25, 0.3) is 4.65 Å². The van der Waals surface area contributed by atoms with Crippen LogP contribution in [0.5, 0.6) is 0 Å². The fraction of sp³-hybridized carbons (Fsp3) is 0.800. The molecular weight excluding hydrogens is 567 g/mol. The van der Waals surface area contributed by atoms with Gasteiger partial charge in [-0.3, -0.25) is 9.59 Å². The van der Waals surface area contributed by atoms with Crippen molar-refractivity contribution in [1.29, 1.82) is 5.26 Å². The number of alkyl halides is 1. The van der Waals surface area contributed by atoms with Crippen LogP contribution in [-0.4, -0.2) is 57.0 Å². The van der Waals surface area contributed by atoms with Crippen LogP contribution >= 0.6 is 15.9 Å². The molecule has 0 atom stereocenters. The van der Waals surface area contributed by atoms with Crippen LogP contribution in [0.15, 0.2) is 0 Å². The van der Waals surface area contributed by atoms with Gasteiger partial charge in [-0.1, -0.05) is 106 Å². The molecule has 12 heteroatoms. The molecule has 0 amide bonds. The van der Waals surface area contributed by atoms with Gasteiger partial charge in [0.05, 0.1) is 13.2 Å². The van der Waals surface area contributed by atoms with Gasteiger partial charge in [0, 0.05) is 37.9 Å². The Hall–Kier alpha value is -0.759. The average Bonchev–Trinajstić information content (AvgIpc) is 2.67. The summed E-state index contributed by atoms with van der Waals surface area (Å²) in [5, 5.41) is 15.0. The molecule has 0 saturated heterocycles. The molecule has 37 heavy (non-hydrogen) atoms. The van der Waals surface area contributed by atoms with Crippen LogP contribution in [0.4, 0.5) is 0 Å². The van der Waals surface area contributed by atoms with E-state index in [1.54, 1.807) is 26.8 Å². The number of ether oxygens (including phenoxy) is 1. The summed E-state index contributed by atoms with van der Waals surface area (Å²) in [6, 6.07) is 1.75. The number of carbonyl (C=O) groups is 4. The third kappa shape index (κ3) is 222. The maximum absolute atomic E-state index is 9.81. The van der Waals surface area contributed by atoms with E-state index in [4.69, 9.17) is 15.0 Å². The summed E-state index contributed by atoms with van der Waals surface area (Å²) >= 11 is 3.27. The summed E-state index contributed by atoms with van der Waals surface area (Å²) in [4.78, 5) is 39.2. The first-order valence-electron chi connectivity index (χ1n) is 11.9. The number of carbonyl (C=O) groups excluding carboxylic acids is 3. The number of Topliss-reactive ketones (excluding diaryl/α,β-unsaturated/α-hetero) is 2. The largest absolute Gasteiger partial charge is 1.00 e. The Balaban J connectivity index is -0.0000000452. The number of hydrogen-bond acceptors (Lipinski definition) is 6. The fourth-order valence-electron chi connectivity index (χ4n) is 1.01. The topological polar surface area (TPSA) is 136 Å². The molecule has 0 aliphatic rings. The van der Waals surface area contributed by atoms with Gasteiger partial charge in [-0.15, -0.1) is 0 Å². The number of esters is 1. The summed E-state index contributed by atoms with van der Waals surface area (Å²) in [5.74, 6) is -0.481. The molecule has 0 bridgehead atoms. The Morgan fingerprint density at radius 1 is 0.865 bits per heavy atom. The summed E-state index contributed by atoms with van der Waals surface area (Å²) in [6.07, 6.45) is 1.56. The first-order valence-corrected chi connectivity index (χ1v) is 19.7. The van der Waals surface area contributed by atoms with Gasteiger partial charge in [-0.05, 0) is 13.8 Å². The second kappa shape index (κ2) is 39.7. The molecule has 0 aromatic rings. The Bertz CT molecular complexity index is 504. The van der Waals surface area contributed by atoms with Crippen LogP contribution in [0.3, 0.4) is 0 Å². The van der Waals surface area contributed by atoms with Gasteiger partial charge in [0.25, 0.3) is 0 Å². The normalized spacial score (nSPS) is 8.57. The van der Waals surface area contributed by atoms with E-state index in [1.807, 2.05) is 13.8 Å². The van der Waals surface area contributed by atoms with Crippen molar-refractivity contribution in [3.05, 3.63) is 4.65 Å². The Labute approximate surface area is 251 Å². The third-order valence-corrected chi connectivity index (χ3v) is 7.62. The van der Waals surface area contributed by atoms with Gasteiger partial charge in [-0.2, -0.15) is 5.26 Å². The molecule has 0 unspecified atom stereocenters. The molecule has 218 valence electrons. The van der Waals surface area contributed by atoms with Gasteiger partial charge >= 0.3 is 30.8 Å². The first-order chi connectivity index (χ1) is 15.9. The SMILES string of the molecule is CC#N.CC(C)Br.CCC(=O)O.CCC(C)=O.CCC(C)=O.COC(C)=O.C[Si](C)(C)[N-][Si](C)(C)C.[Li+]. The first kappa shape index (κ1) is 56.4. The molecule has 8 nitrogen and oxygen atoms in total. The zero-order valence-corrected chi connectivity index (χ0v) is 30.5. The van der Waals surface area contributed by atoms with E-state index >= 15 is 0 Å². The number of rotatable bonds is 5.